The van der Waals surface area contributed by atoms with Crippen molar-refractivity contribution in [1.29, 1.82) is 0 Å². The zero-order chi connectivity index (χ0) is 22.3. The number of rotatable bonds is 5. The van der Waals surface area contributed by atoms with E-state index >= 15 is 0 Å². The van der Waals surface area contributed by atoms with Gasteiger partial charge in [-0.1, -0.05) is 23.4 Å². The Labute approximate surface area is 183 Å². The molecule has 0 bridgehead atoms. The standard InChI is InChI=1S/C23H20FN6OP/c1-32(2,31)21-8-6-15(12-19(21)24)11-18-13-26-22-23(27-18)30(29-28-22)14-16-5-7-20-17(10-16)4-3-9-25-20/h3-10,12-13H,11,14H2,1-2H3. The fourth-order valence-electron chi connectivity index (χ4n) is 3.68. The lowest BCUT2D eigenvalue weighted by Gasteiger charge is -2.10. The first-order chi connectivity index (χ1) is 15.4. The summed E-state index contributed by atoms with van der Waals surface area (Å²) in [5.41, 5.74) is 4.41. The molecule has 0 aliphatic rings. The summed E-state index contributed by atoms with van der Waals surface area (Å²) in [6, 6.07) is 14.8. The van der Waals surface area contributed by atoms with Crippen LogP contribution in [0.4, 0.5) is 4.39 Å². The van der Waals surface area contributed by atoms with Crippen LogP contribution in [0, 0.1) is 5.82 Å². The van der Waals surface area contributed by atoms with E-state index in [0.717, 1.165) is 22.0 Å². The normalized spacial score (nSPS) is 12.0. The van der Waals surface area contributed by atoms with Crippen LogP contribution in [-0.2, 0) is 17.5 Å². The van der Waals surface area contributed by atoms with Gasteiger partial charge in [0, 0.05) is 23.3 Å². The van der Waals surface area contributed by atoms with E-state index in [4.69, 9.17) is 0 Å². The highest BCUT2D eigenvalue weighted by Crippen LogP contribution is 2.35. The van der Waals surface area contributed by atoms with Crippen molar-refractivity contribution in [2.75, 3.05) is 13.3 Å². The second-order valence-electron chi connectivity index (χ2n) is 8.10. The Bertz CT molecular complexity index is 1510. The van der Waals surface area contributed by atoms with E-state index in [2.05, 4.69) is 31.3 Å². The van der Waals surface area contributed by atoms with Gasteiger partial charge in [0.05, 0.1) is 24.0 Å². The smallest absolute Gasteiger partial charge is 0.221 e. The number of halogens is 1. The molecular weight excluding hydrogens is 426 g/mol. The first kappa shape index (κ1) is 20.4. The molecule has 0 aliphatic carbocycles. The first-order valence-electron chi connectivity index (χ1n) is 10.1. The molecule has 0 radical (unpaired) electrons. The molecule has 0 spiro atoms. The molecule has 5 aromatic rings. The molecule has 0 saturated carbocycles. The summed E-state index contributed by atoms with van der Waals surface area (Å²) in [4.78, 5) is 13.4. The maximum atomic E-state index is 14.4. The zero-order valence-electron chi connectivity index (χ0n) is 17.6. The average molecular weight is 446 g/mol. The van der Waals surface area contributed by atoms with Crippen molar-refractivity contribution in [1.82, 2.24) is 29.9 Å². The van der Waals surface area contributed by atoms with Crippen LogP contribution < -0.4 is 5.30 Å². The molecule has 2 aromatic carbocycles. The number of benzene rings is 2. The fraction of sp³-hybridized carbons (Fsp3) is 0.174. The quantitative estimate of drug-likeness (QED) is 0.382. The molecular formula is C23H20FN6OP. The second kappa shape index (κ2) is 7.88. The van der Waals surface area contributed by atoms with Gasteiger partial charge in [-0.25, -0.2) is 19.0 Å². The van der Waals surface area contributed by atoms with E-state index in [0.29, 0.717) is 30.0 Å². The number of nitrogens with zero attached hydrogens (tertiary/aromatic N) is 6. The van der Waals surface area contributed by atoms with Gasteiger partial charge in [0.1, 0.15) is 13.0 Å². The predicted octanol–water partition coefficient (Wildman–Crippen LogP) is 3.80. The summed E-state index contributed by atoms with van der Waals surface area (Å²) in [5, 5.41) is 9.63. The molecule has 0 N–H and O–H groups in total. The Morgan fingerprint density at radius 2 is 1.88 bits per heavy atom. The lowest BCUT2D eigenvalue weighted by molar-refractivity contribution is 0.584. The molecule has 7 nitrogen and oxygen atoms in total. The Balaban J connectivity index is 1.43. The van der Waals surface area contributed by atoms with E-state index in [-0.39, 0.29) is 5.30 Å². The Morgan fingerprint density at radius 3 is 2.69 bits per heavy atom. The largest absolute Gasteiger partial charge is 0.319 e. The van der Waals surface area contributed by atoms with Gasteiger partial charge in [0.2, 0.25) is 5.65 Å². The Morgan fingerprint density at radius 1 is 1.03 bits per heavy atom. The number of aromatic nitrogens is 6. The predicted molar refractivity (Wildman–Crippen MR) is 122 cm³/mol. The summed E-state index contributed by atoms with van der Waals surface area (Å²) in [5.74, 6) is -0.456. The maximum absolute atomic E-state index is 14.4. The van der Waals surface area contributed by atoms with Crippen molar-refractivity contribution in [3.8, 4) is 0 Å². The topological polar surface area (TPSA) is 86.5 Å². The molecule has 160 valence electrons. The molecule has 32 heavy (non-hydrogen) atoms. The van der Waals surface area contributed by atoms with Gasteiger partial charge < -0.3 is 4.57 Å². The van der Waals surface area contributed by atoms with Crippen molar-refractivity contribution in [3.63, 3.8) is 0 Å². The average Bonchev–Trinajstić information content (AvgIpc) is 3.15. The number of pyridine rings is 1. The fourth-order valence-corrected chi connectivity index (χ4v) is 4.70. The summed E-state index contributed by atoms with van der Waals surface area (Å²) in [6.45, 7) is 3.61. The number of hydrogen-bond acceptors (Lipinski definition) is 6. The zero-order valence-corrected chi connectivity index (χ0v) is 18.5. The van der Waals surface area contributed by atoms with Gasteiger partial charge in [0.25, 0.3) is 0 Å². The van der Waals surface area contributed by atoms with Crippen LogP contribution in [0.25, 0.3) is 22.2 Å². The molecule has 0 aliphatic heterocycles. The van der Waals surface area contributed by atoms with E-state index in [1.807, 2.05) is 24.3 Å². The van der Waals surface area contributed by atoms with E-state index < -0.39 is 13.0 Å². The van der Waals surface area contributed by atoms with Gasteiger partial charge in [-0.3, -0.25) is 4.98 Å². The van der Waals surface area contributed by atoms with E-state index in [9.17, 15) is 8.96 Å². The number of hydrogen-bond donors (Lipinski definition) is 0. The van der Waals surface area contributed by atoms with Crippen LogP contribution in [0.2, 0.25) is 0 Å². The Hall–Kier alpha value is -3.51. The van der Waals surface area contributed by atoms with Crippen LogP contribution in [0.3, 0.4) is 0 Å². The summed E-state index contributed by atoms with van der Waals surface area (Å²) >= 11 is 0. The second-order valence-corrected chi connectivity index (χ2v) is 11.3. The van der Waals surface area contributed by atoms with Crippen molar-refractivity contribution in [2.45, 2.75) is 13.0 Å². The van der Waals surface area contributed by atoms with Crippen LogP contribution in [0.1, 0.15) is 16.8 Å². The molecule has 0 atom stereocenters. The highest BCUT2D eigenvalue weighted by atomic mass is 31.2. The third-order valence-electron chi connectivity index (χ3n) is 5.25. The van der Waals surface area contributed by atoms with Crippen LogP contribution >= 0.6 is 7.14 Å². The molecule has 0 amide bonds. The van der Waals surface area contributed by atoms with Gasteiger partial charge in [-0.15, -0.1) is 5.10 Å². The third kappa shape index (κ3) is 4.01. The lowest BCUT2D eigenvalue weighted by Crippen LogP contribution is -2.09. The van der Waals surface area contributed by atoms with Crippen LogP contribution in [-0.4, -0.2) is 43.3 Å². The highest BCUT2D eigenvalue weighted by Gasteiger charge is 2.17. The van der Waals surface area contributed by atoms with Crippen molar-refractivity contribution >= 4 is 34.6 Å². The molecule has 0 unspecified atom stereocenters. The number of fused-ring (bicyclic) bond motifs is 2. The minimum atomic E-state index is -2.66. The summed E-state index contributed by atoms with van der Waals surface area (Å²) in [7, 11) is -2.66. The third-order valence-corrected chi connectivity index (χ3v) is 6.78. The molecule has 0 fully saturated rings. The molecule has 3 heterocycles. The minimum Gasteiger partial charge on any atom is -0.319 e. The summed E-state index contributed by atoms with van der Waals surface area (Å²) in [6.07, 6.45) is 3.79. The highest BCUT2D eigenvalue weighted by molar-refractivity contribution is 7.70. The van der Waals surface area contributed by atoms with Gasteiger partial charge >= 0.3 is 0 Å². The van der Waals surface area contributed by atoms with Crippen LogP contribution in [0.5, 0.6) is 0 Å². The lowest BCUT2D eigenvalue weighted by atomic mass is 10.1. The van der Waals surface area contributed by atoms with Crippen molar-refractivity contribution in [2.24, 2.45) is 0 Å². The van der Waals surface area contributed by atoms with Gasteiger partial charge in [-0.2, -0.15) is 0 Å². The maximum Gasteiger partial charge on any atom is 0.221 e. The van der Waals surface area contributed by atoms with Crippen LogP contribution in [0.15, 0.2) is 60.9 Å². The molecule has 0 saturated heterocycles. The van der Waals surface area contributed by atoms with Gasteiger partial charge in [-0.05, 0) is 54.8 Å². The molecule has 3 aromatic heterocycles. The molecule has 9 heteroatoms. The monoisotopic (exact) mass is 446 g/mol. The first-order valence-corrected chi connectivity index (χ1v) is 12.7. The van der Waals surface area contributed by atoms with Crippen molar-refractivity contribution < 1.29 is 8.96 Å². The van der Waals surface area contributed by atoms with Crippen molar-refractivity contribution in [3.05, 3.63) is 83.6 Å². The molecule has 5 rings (SSSR count). The van der Waals surface area contributed by atoms with E-state index in [1.54, 1.807) is 42.5 Å². The SMILES string of the molecule is CP(C)(=O)c1ccc(Cc2cnc3nnn(Cc4ccc5ncccc5c4)c3n2)cc1F. The van der Waals surface area contributed by atoms with E-state index in [1.165, 1.54) is 6.07 Å². The van der Waals surface area contributed by atoms with Gasteiger partial charge in [0.15, 0.2) is 5.65 Å². The Kier molecular flexibility index (Phi) is 5.02. The summed E-state index contributed by atoms with van der Waals surface area (Å²) < 4.78 is 28.3. The minimum absolute atomic E-state index is 0.260.